The molecule has 0 saturated carbocycles. The second-order valence-corrected chi connectivity index (χ2v) is 2.52. The molecule has 0 aliphatic heterocycles. The van der Waals surface area contributed by atoms with Gasteiger partial charge in [0, 0.05) is 13.6 Å². The van der Waals surface area contributed by atoms with Gasteiger partial charge in [-0.25, -0.2) is 4.98 Å². The van der Waals surface area contributed by atoms with E-state index in [0.717, 1.165) is 11.5 Å². The van der Waals surface area contributed by atoms with Crippen LogP contribution in [-0.4, -0.2) is 9.55 Å². The van der Waals surface area contributed by atoms with E-state index in [4.69, 9.17) is 17.3 Å². The van der Waals surface area contributed by atoms with Crippen LogP contribution < -0.4 is 5.73 Å². The van der Waals surface area contributed by atoms with Gasteiger partial charge in [0.25, 0.3) is 0 Å². The Morgan fingerprint density at radius 3 is 2.50 bits per heavy atom. The minimum absolute atomic E-state index is 0.441. The van der Waals surface area contributed by atoms with Crippen LogP contribution in [0.4, 0.5) is 0 Å². The van der Waals surface area contributed by atoms with Crippen LogP contribution in [0.5, 0.6) is 0 Å². The van der Waals surface area contributed by atoms with E-state index in [1.807, 2.05) is 18.5 Å². The summed E-state index contributed by atoms with van der Waals surface area (Å²) in [6.45, 7) is 2.33. The van der Waals surface area contributed by atoms with E-state index in [9.17, 15) is 0 Å². The Hall–Kier alpha value is -0.540. The largest absolute Gasteiger partial charge is 0.333 e. The number of hydrogen-bond donors (Lipinski definition) is 1. The molecular formula is C6H10ClN3. The molecule has 0 fully saturated rings. The maximum absolute atomic E-state index is 5.74. The molecule has 4 heteroatoms. The zero-order chi connectivity index (χ0) is 7.72. The maximum Gasteiger partial charge on any atom is 0.151 e. The van der Waals surface area contributed by atoms with Gasteiger partial charge in [0.05, 0.1) is 5.69 Å². The number of hydrogen-bond acceptors (Lipinski definition) is 2. The molecule has 10 heavy (non-hydrogen) atoms. The molecule has 1 rings (SSSR count). The van der Waals surface area contributed by atoms with Crippen LogP contribution in [-0.2, 0) is 13.6 Å². The van der Waals surface area contributed by atoms with Crippen molar-refractivity contribution in [3.05, 3.63) is 16.7 Å². The van der Waals surface area contributed by atoms with Gasteiger partial charge in [-0.15, -0.1) is 0 Å². The summed E-state index contributed by atoms with van der Waals surface area (Å²) >= 11 is 5.74. The number of nitrogens with zero attached hydrogens (tertiary/aromatic N) is 2. The maximum atomic E-state index is 5.74. The fourth-order valence-corrected chi connectivity index (χ4v) is 1.16. The Bertz CT molecular complexity index is 241. The quantitative estimate of drug-likeness (QED) is 0.660. The van der Waals surface area contributed by atoms with Gasteiger partial charge in [0.1, 0.15) is 5.82 Å². The highest BCUT2D eigenvalue weighted by Crippen LogP contribution is 2.13. The number of halogens is 1. The summed E-state index contributed by atoms with van der Waals surface area (Å²) < 4.78 is 1.89. The molecule has 0 aliphatic carbocycles. The molecule has 0 spiro atoms. The monoisotopic (exact) mass is 159 g/mol. The van der Waals surface area contributed by atoms with E-state index in [1.54, 1.807) is 0 Å². The number of aromatic nitrogens is 2. The van der Waals surface area contributed by atoms with Gasteiger partial charge in [0.2, 0.25) is 0 Å². The Morgan fingerprint density at radius 1 is 1.70 bits per heavy atom. The summed E-state index contributed by atoms with van der Waals surface area (Å²) in [5, 5.41) is 0.516. The summed E-state index contributed by atoms with van der Waals surface area (Å²) in [4.78, 5) is 4.03. The lowest BCUT2D eigenvalue weighted by atomic mass is 10.5. The van der Waals surface area contributed by atoms with Crippen molar-refractivity contribution < 1.29 is 0 Å². The van der Waals surface area contributed by atoms with Crippen LogP contribution in [0.2, 0.25) is 5.15 Å². The highest BCUT2D eigenvalue weighted by molar-refractivity contribution is 6.30. The second-order valence-electron chi connectivity index (χ2n) is 2.16. The molecule has 0 saturated heterocycles. The van der Waals surface area contributed by atoms with Crippen LogP contribution in [0.25, 0.3) is 0 Å². The third-order valence-electron chi connectivity index (χ3n) is 1.58. The Labute approximate surface area is 64.8 Å². The molecule has 56 valence electrons. The molecule has 2 N–H and O–H groups in total. The topological polar surface area (TPSA) is 43.8 Å². The van der Waals surface area contributed by atoms with Crippen LogP contribution in [0.15, 0.2) is 0 Å². The van der Waals surface area contributed by atoms with E-state index in [1.165, 1.54) is 0 Å². The fraction of sp³-hybridized carbons (Fsp3) is 0.500. The van der Waals surface area contributed by atoms with Gasteiger partial charge >= 0.3 is 0 Å². The standard InChI is InChI=1S/C6H10ClN3/c1-4-9-6(7)5(3-8)10(4)2/h3,8H2,1-2H3. The minimum atomic E-state index is 0.441. The Kier molecular flexibility index (Phi) is 1.97. The molecule has 0 aromatic carbocycles. The van der Waals surface area contributed by atoms with Crippen LogP contribution in [0, 0.1) is 6.92 Å². The SMILES string of the molecule is Cc1nc(Cl)c(CN)n1C. The van der Waals surface area contributed by atoms with Crippen molar-refractivity contribution in [2.75, 3.05) is 0 Å². The van der Waals surface area contributed by atoms with Gasteiger partial charge in [-0.3, -0.25) is 0 Å². The molecule has 0 radical (unpaired) electrons. The molecule has 0 bridgehead atoms. The van der Waals surface area contributed by atoms with Crippen molar-refractivity contribution in [2.45, 2.75) is 13.5 Å². The molecule has 1 aromatic rings. The first-order valence-corrected chi connectivity index (χ1v) is 3.42. The first-order valence-electron chi connectivity index (χ1n) is 3.04. The Morgan fingerprint density at radius 2 is 2.30 bits per heavy atom. The fourth-order valence-electron chi connectivity index (χ4n) is 0.836. The number of nitrogens with two attached hydrogens (primary N) is 1. The average Bonchev–Trinajstić information content (AvgIpc) is 2.09. The lowest BCUT2D eigenvalue weighted by Crippen LogP contribution is -2.04. The van der Waals surface area contributed by atoms with Crippen molar-refractivity contribution in [1.29, 1.82) is 0 Å². The predicted octanol–water partition coefficient (Wildman–Crippen LogP) is 0.841. The minimum Gasteiger partial charge on any atom is -0.333 e. The van der Waals surface area contributed by atoms with Gasteiger partial charge in [-0.1, -0.05) is 11.6 Å². The van der Waals surface area contributed by atoms with E-state index in [-0.39, 0.29) is 0 Å². The lowest BCUT2D eigenvalue weighted by Gasteiger charge is -1.98. The van der Waals surface area contributed by atoms with Crippen molar-refractivity contribution in [3.8, 4) is 0 Å². The molecule has 1 heterocycles. The second kappa shape index (κ2) is 2.60. The van der Waals surface area contributed by atoms with Crippen molar-refractivity contribution in [3.63, 3.8) is 0 Å². The third-order valence-corrected chi connectivity index (χ3v) is 1.88. The molecule has 0 aliphatic rings. The van der Waals surface area contributed by atoms with Crippen molar-refractivity contribution >= 4 is 11.6 Å². The number of imidazole rings is 1. The number of rotatable bonds is 1. The van der Waals surface area contributed by atoms with E-state index in [2.05, 4.69) is 4.98 Å². The molecule has 0 atom stereocenters. The molecule has 0 unspecified atom stereocenters. The van der Waals surface area contributed by atoms with Gasteiger partial charge in [-0.05, 0) is 6.92 Å². The number of aryl methyl sites for hydroxylation is 1. The average molecular weight is 160 g/mol. The lowest BCUT2D eigenvalue weighted by molar-refractivity contribution is 0.788. The van der Waals surface area contributed by atoms with E-state index >= 15 is 0 Å². The normalized spacial score (nSPS) is 10.4. The predicted molar refractivity (Wildman–Crippen MR) is 40.8 cm³/mol. The van der Waals surface area contributed by atoms with Crippen LogP contribution in [0.3, 0.4) is 0 Å². The van der Waals surface area contributed by atoms with Crippen LogP contribution in [0.1, 0.15) is 11.5 Å². The van der Waals surface area contributed by atoms with Gasteiger partial charge < -0.3 is 10.3 Å². The first kappa shape index (κ1) is 7.57. The highest BCUT2D eigenvalue weighted by Gasteiger charge is 2.06. The molecule has 0 amide bonds. The highest BCUT2D eigenvalue weighted by atomic mass is 35.5. The van der Waals surface area contributed by atoms with Gasteiger partial charge in [-0.2, -0.15) is 0 Å². The van der Waals surface area contributed by atoms with Crippen molar-refractivity contribution in [1.82, 2.24) is 9.55 Å². The molecule has 3 nitrogen and oxygen atoms in total. The smallest absolute Gasteiger partial charge is 0.151 e. The summed E-state index contributed by atoms with van der Waals surface area (Å²) in [6, 6.07) is 0. The molecular weight excluding hydrogens is 150 g/mol. The summed E-state index contributed by atoms with van der Waals surface area (Å²) in [5.74, 6) is 0.894. The zero-order valence-electron chi connectivity index (χ0n) is 6.06. The third kappa shape index (κ3) is 1.02. The molecule has 1 aromatic heterocycles. The zero-order valence-corrected chi connectivity index (χ0v) is 6.81. The Balaban J connectivity index is 3.20. The van der Waals surface area contributed by atoms with Gasteiger partial charge in [0.15, 0.2) is 5.15 Å². The summed E-state index contributed by atoms with van der Waals surface area (Å²) in [7, 11) is 1.90. The first-order chi connectivity index (χ1) is 4.66. The van der Waals surface area contributed by atoms with Crippen molar-refractivity contribution in [2.24, 2.45) is 12.8 Å². The van der Waals surface area contributed by atoms with E-state index in [0.29, 0.717) is 11.7 Å². The van der Waals surface area contributed by atoms with Crippen LogP contribution >= 0.6 is 11.6 Å². The van der Waals surface area contributed by atoms with E-state index < -0.39 is 0 Å². The summed E-state index contributed by atoms with van der Waals surface area (Å²) in [6.07, 6.45) is 0. The summed E-state index contributed by atoms with van der Waals surface area (Å²) in [5.41, 5.74) is 6.31.